The topological polar surface area (TPSA) is 48.0 Å². The van der Waals surface area contributed by atoms with Crippen LogP contribution in [0.1, 0.15) is 26.3 Å². The molecule has 0 aliphatic heterocycles. The average molecular weight is 260 g/mol. The van der Waals surface area contributed by atoms with Gasteiger partial charge in [0.25, 0.3) is 5.56 Å². The molecule has 2 rings (SSSR count). The van der Waals surface area contributed by atoms with E-state index < -0.39 is 0 Å². The Morgan fingerprint density at radius 1 is 1.21 bits per heavy atom. The van der Waals surface area contributed by atoms with E-state index in [4.69, 9.17) is 5.73 Å². The van der Waals surface area contributed by atoms with Gasteiger partial charge in [-0.1, -0.05) is 6.92 Å². The Kier molecular flexibility index (Phi) is 3.69. The van der Waals surface area contributed by atoms with Crippen LogP contribution >= 0.6 is 0 Å². The van der Waals surface area contributed by atoms with Crippen LogP contribution in [0.4, 0.5) is 10.1 Å². The maximum atomic E-state index is 13.0. The molecule has 1 atom stereocenters. The van der Waals surface area contributed by atoms with E-state index in [-0.39, 0.29) is 23.1 Å². The fourth-order valence-corrected chi connectivity index (χ4v) is 2.04. The van der Waals surface area contributed by atoms with Gasteiger partial charge in [0.1, 0.15) is 5.82 Å². The zero-order valence-corrected chi connectivity index (χ0v) is 11.1. The molecule has 1 aromatic heterocycles. The minimum Gasteiger partial charge on any atom is -0.394 e. The van der Waals surface area contributed by atoms with Gasteiger partial charge in [-0.15, -0.1) is 0 Å². The highest BCUT2D eigenvalue weighted by molar-refractivity contribution is 5.61. The van der Waals surface area contributed by atoms with E-state index in [1.165, 1.54) is 12.1 Å². The summed E-state index contributed by atoms with van der Waals surface area (Å²) < 4.78 is 14.7. The van der Waals surface area contributed by atoms with Crippen molar-refractivity contribution in [3.8, 4) is 11.3 Å². The number of nitrogens with two attached hydrogens (primary N) is 1. The summed E-state index contributed by atoms with van der Waals surface area (Å²) in [6, 6.07) is 9.54. The molecule has 3 nitrogen and oxygen atoms in total. The van der Waals surface area contributed by atoms with Crippen LogP contribution in [-0.4, -0.2) is 4.57 Å². The number of nitrogens with zero attached hydrogens (tertiary/aromatic N) is 1. The number of halogens is 1. The Hall–Kier alpha value is -2.10. The number of hydrogen-bond acceptors (Lipinski definition) is 2. The van der Waals surface area contributed by atoms with E-state index in [2.05, 4.69) is 0 Å². The van der Waals surface area contributed by atoms with Gasteiger partial charge in [0.15, 0.2) is 0 Å². The molecule has 1 aromatic carbocycles. The Labute approximate surface area is 111 Å². The van der Waals surface area contributed by atoms with E-state index in [0.29, 0.717) is 0 Å². The van der Waals surface area contributed by atoms with Crippen LogP contribution in [0.25, 0.3) is 11.3 Å². The highest BCUT2D eigenvalue weighted by Crippen LogP contribution is 2.23. The van der Waals surface area contributed by atoms with E-state index in [1.807, 2.05) is 13.8 Å². The molecule has 19 heavy (non-hydrogen) atoms. The molecular weight excluding hydrogens is 243 g/mol. The third kappa shape index (κ3) is 2.52. The molecule has 0 bridgehead atoms. The highest BCUT2D eigenvalue weighted by Gasteiger charge is 2.13. The minimum atomic E-state index is -0.295. The van der Waals surface area contributed by atoms with Gasteiger partial charge >= 0.3 is 0 Å². The van der Waals surface area contributed by atoms with Crippen LogP contribution in [0.5, 0.6) is 0 Å². The molecule has 0 fully saturated rings. The van der Waals surface area contributed by atoms with Crippen molar-refractivity contribution in [2.24, 2.45) is 0 Å². The first-order chi connectivity index (χ1) is 9.04. The predicted octanol–water partition coefficient (Wildman–Crippen LogP) is 3.21. The average Bonchev–Trinajstić information content (AvgIpc) is 2.42. The normalized spacial score (nSPS) is 12.4. The third-order valence-electron chi connectivity index (χ3n) is 3.32. The van der Waals surface area contributed by atoms with Crippen LogP contribution in [-0.2, 0) is 0 Å². The van der Waals surface area contributed by atoms with Gasteiger partial charge in [0.2, 0.25) is 0 Å². The maximum Gasteiger partial charge on any atom is 0.274 e. The molecule has 0 aliphatic carbocycles. The predicted molar refractivity (Wildman–Crippen MR) is 75.5 cm³/mol. The van der Waals surface area contributed by atoms with Gasteiger partial charge in [-0.05, 0) is 55.3 Å². The summed E-state index contributed by atoms with van der Waals surface area (Å²) >= 11 is 0. The summed E-state index contributed by atoms with van der Waals surface area (Å²) in [7, 11) is 0. The van der Waals surface area contributed by atoms with Crippen molar-refractivity contribution in [2.75, 3.05) is 5.73 Å². The van der Waals surface area contributed by atoms with Crippen molar-refractivity contribution in [3.63, 3.8) is 0 Å². The number of nitrogen functional groups attached to an aromatic ring is 1. The van der Waals surface area contributed by atoms with Crippen LogP contribution in [0, 0.1) is 5.82 Å². The zero-order chi connectivity index (χ0) is 14.0. The van der Waals surface area contributed by atoms with Crippen molar-refractivity contribution >= 4 is 5.69 Å². The second-order valence-electron chi connectivity index (χ2n) is 4.61. The van der Waals surface area contributed by atoms with Crippen molar-refractivity contribution < 1.29 is 4.39 Å². The first kappa shape index (κ1) is 13.3. The van der Waals surface area contributed by atoms with Gasteiger partial charge < -0.3 is 10.3 Å². The molecule has 2 N–H and O–H groups in total. The quantitative estimate of drug-likeness (QED) is 0.921. The van der Waals surface area contributed by atoms with Gasteiger partial charge in [0.05, 0.1) is 11.4 Å². The van der Waals surface area contributed by atoms with E-state index in [9.17, 15) is 9.18 Å². The lowest BCUT2D eigenvalue weighted by molar-refractivity contribution is 0.521. The van der Waals surface area contributed by atoms with Gasteiger partial charge in [-0.2, -0.15) is 0 Å². The van der Waals surface area contributed by atoms with Crippen LogP contribution in [0.3, 0.4) is 0 Å². The molecule has 0 saturated heterocycles. The summed E-state index contributed by atoms with van der Waals surface area (Å²) in [5, 5.41) is 0. The molecule has 1 heterocycles. The number of benzene rings is 1. The number of anilines is 1. The molecular formula is C15H17FN2O. The van der Waals surface area contributed by atoms with Gasteiger partial charge in [-0.25, -0.2) is 4.39 Å². The molecule has 0 radical (unpaired) electrons. The second-order valence-corrected chi connectivity index (χ2v) is 4.61. The monoisotopic (exact) mass is 260 g/mol. The Bertz CT molecular complexity index is 632. The summed E-state index contributed by atoms with van der Waals surface area (Å²) in [5.74, 6) is -0.295. The van der Waals surface area contributed by atoms with Crippen molar-refractivity contribution in [1.82, 2.24) is 4.57 Å². The molecule has 0 amide bonds. The van der Waals surface area contributed by atoms with Crippen molar-refractivity contribution in [3.05, 3.63) is 52.6 Å². The number of pyridine rings is 1. The zero-order valence-electron chi connectivity index (χ0n) is 11.1. The van der Waals surface area contributed by atoms with Crippen LogP contribution < -0.4 is 11.3 Å². The smallest absolute Gasteiger partial charge is 0.274 e. The molecule has 0 saturated carbocycles. The fourth-order valence-electron chi connectivity index (χ4n) is 2.04. The first-order valence-corrected chi connectivity index (χ1v) is 6.31. The lowest BCUT2D eigenvalue weighted by Crippen LogP contribution is -2.26. The molecule has 1 unspecified atom stereocenters. The van der Waals surface area contributed by atoms with Crippen LogP contribution in [0.2, 0.25) is 0 Å². The number of hydrogen-bond donors (Lipinski definition) is 1. The Balaban J connectivity index is 2.66. The van der Waals surface area contributed by atoms with Gasteiger partial charge in [0, 0.05) is 6.04 Å². The Morgan fingerprint density at radius 2 is 1.84 bits per heavy atom. The van der Waals surface area contributed by atoms with E-state index in [0.717, 1.165) is 17.7 Å². The standard InChI is InChI=1S/C15H17FN2O/c1-3-10(2)18-14(9-8-13(17)15(18)19)11-4-6-12(16)7-5-11/h4-10H,3,17H2,1-2H3. The number of aromatic nitrogens is 1. The van der Waals surface area contributed by atoms with Gasteiger partial charge in [-0.3, -0.25) is 4.79 Å². The number of rotatable bonds is 3. The lowest BCUT2D eigenvalue weighted by atomic mass is 10.1. The Morgan fingerprint density at radius 3 is 2.42 bits per heavy atom. The van der Waals surface area contributed by atoms with Crippen molar-refractivity contribution in [2.45, 2.75) is 26.3 Å². The molecule has 2 aromatic rings. The summed E-state index contributed by atoms with van der Waals surface area (Å²) in [4.78, 5) is 12.2. The van der Waals surface area contributed by atoms with E-state index >= 15 is 0 Å². The molecule has 0 spiro atoms. The summed E-state index contributed by atoms with van der Waals surface area (Å²) in [5.41, 5.74) is 7.28. The fraction of sp³-hybridized carbons (Fsp3) is 0.267. The first-order valence-electron chi connectivity index (χ1n) is 6.31. The SMILES string of the molecule is CCC(C)n1c(-c2ccc(F)cc2)ccc(N)c1=O. The third-order valence-corrected chi connectivity index (χ3v) is 3.32. The second kappa shape index (κ2) is 5.26. The molecule has 100 valence electrons. The molecule has 4 heteroatoms. The molecule has 0 aliphatic rings. The maximum absolute atomic E-state index is 13.0. The van der Waals surface area contributed by atoms with Crippen molar-refractivity contribution in [1.29, 1.82) is 0 Å². The lowest BCUT2D eigenvalue weighted by Gasteiger charge is -2.19. The summed E-state index contributed by atoms with van der Waals surface area (Å²) in [6.07, 6.45) is 0.817. The van der Waals surface area contributed by atoms with Crippen LogP contribution in [0.15, 0.2) is 41.2 Å². The minimum absolute atomic E-state index is 0.0380. The summed E-state index contributed by atoms with van der Waals surface area (Å²) in [6.45, 7) is 3.97. The highest BCUT2D eigenvalue weighted by atomic mass is 19.1. The van der Waals surface area contributed by atoms with E-state index in [1.54, 1.807) is 28.8 Å². The largest absolute Gasteiger partial charge is 0.394 e.